The highest BCUT2D eigenvalue weighted by molar-refractivity contribution is 7.10. The van der Waals surface area contributed by atoms with Crippen molar-refractivity contribution in [1.82, 2.24) is 9.78 Å². The fourth-order valence-corrected chi connectivity index (χ4v) is 2.41. The highest BCUT2D eigenvalue weighted by Crippen LogP contribution is 2.30. The van der Waals surface area contributed by atoms with Gasteiger partial charge in [0.25, 0.3) is 0 Å². The average molecular weight is 288 g/mol. The van der Waals surface area contributed by atoms with Gasteiger partial charge in [-0.05, 0) is 30.9 Å². The molecule has 2 heterocycles. The van der Waals surface area contributed by atoms with Crippen molar-refractivity contribution in [2.45, 2.75) is 25.9 Å². The Hall–Kier alpha value is -1.07. The zero-order valence-corrected chi connectivity index (χ0v) is 11.4. The number of anilines is 1. The summed E-state index contributed by atoms with van der Waals surface area (Å²) in [4.78, 5) is 0.985. The molecule has 6 heteroatoms. The van der Waals surface area contributed by atoms with Gasteiger partial charge < -0.3 is 5.32 Å². The molecule has 1 aliphatic carbocycles. The Morgan fingerprint density at radius 3 is 2.89 bits per heavy atom. The summed E-state index contributed by atoms with van der Waals surface area (Å²) in [5.74, 6) is 1.69. The Labute approximate surface area is 115 Å². The van der Waals surface area contributed by atoms with E-state index in [0.29, 0.717) is 6.54 Å². The normalized spacial score (nSPS) is 14.3. The number of halogens is 2. The Kier molecular flexibility index (Phi) is 4.24. The first kappa shape index (κ1) is 13.4. The smallest absolute Gasteiger partial charge is 0.176 e. The van der Waals surface area contributed by atoms with E-state index in [4.69, 9.17) is 0 Å². The molecule has 0 saturated heterocycles. The molecule has 3 rings (SSSR count). The van der Waals surface area contributed by atoms with E-state index in [2.05, 4.69) is 10.4 Å². The summed E-state index contributed by atoms with van der Waals surface area (Å²) in [6.45, 7) is 1.66. The minimum Gasteiger partial charge on any atom is -0.364 e. The van der Waals surface area contributed by atoms with Crippen molar-refractivity contribution < 1.29 is 4.39 Å². The van der Waals surface area contributed by atoms with Crippen LogP contribution in [0.5, 0.6) is 0 Å². The van der Waals surface area contributed by atoms with Gasteiger partial charge >= 0.3 is 0 Å². The summed E-state index contributed by atoms with van der Waals surface area (Å²) >= 11 is 1.17. The molecule has 0 unspecified atom stereocenters. The van der Waals surface area contributed by atoms with Gasteiger partial charge in [0, 0.05) is 23.7 Å². The number of hydrogen-bond acceptors (Lipinski definition) is 3. The lowest BCUT2D eigenvalue weighted by atomic mass is 10.4. The summed E-state index contributed by atoms with van der Waals surface area (Å²) in [5.41, 5.74) is 0. The third kappa shape index (κ3) is 3.46. The molecule has 1 N–H and O–H groups in total. The zero-order chi connectivity index (χ0) is 11.7. The lowest BCUT2D eigenvalue weighted by Crippen LogP contribution is -2.03. The SMILES string of the molecule is Cl.Fc1ccc(CNc2ccn(CC3CC3)n2)s1. The minimum atomic E-state index is -0.138. The fraction of sp³-hybridized carbons (Fsp3) is 0.417. The van der Waals surface area contributed by atoms with Crippen LogP contribution in [0.25, 0.3) is 0 Å². The molecule has 1 fully saturated rings. The summed E-state index contributed by atoms with van der Waals surface area (Å²) < 4.78 is 14.8. The van der Waals surface area contributed by atoms with E-state index in [1.165, 1.54) is 30.2 Å². The molecule has 0 spiro atoms. The summed E-state index contributed by atoms with van der Waals surface area (Å²) in [6, 6.07) is 5.26. The van der Waals surface area contributed by atoms with Crippen LogP contribution in [0.1, 0.15) is 17.7 Å². The van der Waals surface area contributed by atoms with Crippen molar-refractivity contribution in [3.05, 3.63) is 34.4 Å². The molecule has 2 aromatic rings. The molecule has 0 aliphatic heterocycles. The second-order valence-corrected chi connectivity index (χ2v) is 5.54. The molecule has 0 bridgehead atoms. The summed E-state index contributed by atoms with van der Waals surface area (Å²) in [7, 11) is 0. The predicted molar refractivity (Wildman–Crippen MR) is 73.8 cm³/mol. The van der Waals surface area contributed by atoms with Crippen LogP contribution in [0.3, 0.4) is 0 Å². The van der Waals surface area contributed by atoms with Crippen LogP contribution < -0.4 is 5.32 Å². The Bertz CT molecular complexity index is 507. The highest BCUT2D eigenvalue weighted by Gasteiger charge is 2.21. The van der Waals surface area contributed by atoms with Crippen LogP contribution in [0, 0.1) is 11.0 Å². The maximum absolute atomic E-state index is 12.8. The highest BCUT2D eigenvalue weighted by atomic mass is 35.5. The van der Waals surface area contributed by atoms with Crippen molar-refractivity contribution in [2.75, 3.05) is 5.32 Å². The first-order valence-corrected chi connectivity index (χ1v) is 6.63. The van der Waals surface area contributed by atoms with E-state index in [0.717, 1.165) is 23.2 Å². The Morgan fingerprint density at radius 1 is 1.39 bits per heavy atom. The largest absolute Gasteiger partial charge is 0.364 e. The van der Waals surface area contributed by atoms with Crippen molar-refractivity contribution >= 4 is 29.6 Å². The molecule has 1 aliphatic rings. The quantitative estimate of drug-likeness (QED) is 0.912. The first-order valence-electron chi connectivity index (χ1n) is 5.81. The predicted octanol–water partition coefficient (Wildman–Crippen LogP) is 3.53. The van der Waals surface area contributed by atoms with E-state index in [1.54, 1.807) is 6.07 Å². The second kappa shape index (κ2) is 5.71. The average Bonchev–Trinajstić information content (AvgIpc) is 2.84. The molecule has 0 aromatic carbocycles. The third-order valence-corrected chi connectivity index (χ3v) is 3.73. The number of thiophene rings is 1. The molecule has 0 amide bonds. The number of hydrogen-bond donors (Lipinski definition) is 1. The maximum Gasteiger partial charge on any atom is 0.176 e. The van der Waals surface area contributed by atoms with E-state index in [1.807, 2.05) is 16.9 Å². The van der Waals surface area contributed by atoms with Crippen molar-refractivity contribution in [3.63, 3.8) is 0 Å². The van der Waals surface area contributed by atoms with E-state index in [9.17, 15) is 4.39 Å². The van der Waals surface area contributed by atoms with Crippen LogP contribution in [0.15, 0.2) is 24.4 Å². The summed E-state index contributed by atoms with van der Waals surface area (Å²) in [6.07, 6.45) is 4.66. The molecule has 0 radical (unpaired) electrons. The molecule has 2 aromatic heterocycles. The molecular formula is C12H15ClFN3S. The number of nitrogens with zero attached hydrogens (tertiary/aromatic N) is 2. The van der Waals surface area contributed by atoms with Gasteiger partial charge in [-0.3, -0.25) is 4.68 Å². The topological polar surface area (TPSA) is 29.9 Å². The zero-order valence-electron chi connectivity index (χ0n) is 9.80. The lowest BCUT2D eigenvalue weighted by Gasteiger charge is -2.00. The van der Waals surface area contributed by atoms with Gasteiger partial charge in [-0.25, -0.2) is 0 Å². The number of aromatic nitrogens is 2. The third-order valence-electron chi connectivity index (χ3n) is 2.86. The molecule has 18 heavy (non-hydrogen) atoms. The number of nitrogens with one attached hydrogen (secondary N) is 1. The molecule has 1 saturated carbocycles. The van der Waals surface area contributed by atoms with E-state index >= 15 is 0 Å². The van der Waals surface area contributed by atoms with Crippen LogP contribution in [0.4, 0.5) is 10.2 Å². The molecule has 3 nitrogen and oxygen atoms in total. The minimum absolute atomic E-state index is 0. The Morgan fingerprint density at radius 2 is 2.22 bits per heavy atom. The summed E-state index contributed by atoms with van der Waals surface area (Å²) in [5, 5.41) is 7.49. The molecular weight excluding hydrogens is 273 g/mol. The van der Waals surface area contributed by atoms with Gasteiger partial charge in [0.15, 0.2) is 5.13 Å². The van der Waals surface area contributed by atoms with Crippen molar-refractivity contribution in [1.29, 1.82) is 0 Å². The van der Waals surface area contributed by atoms with Crippen molar-refractivity contribution in [3.8, 4) is 0 Å². The lowest BCUT2D eigenvalue weighted by molar-refractivity contribution is 0.564. The second-order valence-electron chi connectivity index (χ2n) is 4.43. The standard InChI is InChI=1S/C12H14FN3S.ClH/c13-11-4-3-10(17-11)7-14-12-5-6-16(15-12)8-9-1-2-9;/h3-6,9H,1-2,7-8H2,(H,14,15);1H. The van der Waals surface area contributed by atoms with Gasteiger partial charge in [-0.15, -0.1) is 23.7 Å². The van der Waals surface area contributed by atoms with Gasteiger partial charge in [-0.1, -0.05) is 0 Å². The van der Waals surface area contributed by atoms with E-state index in [-0.39, 0.29) is 17.5 Å². The molecule has 98 valence electrons. The fourth-order valence-electron chi connectivity index (χ4n) is 1.75. The first-order chi connectivity index (χ1) is 8.29. The molecule has 0 atom stereocenters. The van der Waals surface area contributed by atoms with Gasteiger partial charge in [0.2, 0.25) is 0 Å². The monoisotopic (exact) mass is 287 g/mol. The Balaban J connectivity index is 0.00000120. The van der Waals surface area contributed by atoms with Crippen LogP contribution in [-0.2, 0) is 13.1 Å². The van der Waals surface area contributed by atoms with Gasteiger partial charge in [-0.2, -0.15) is 9.49 Å². The van der Waals surface area contributed by atoms with Crippen molar-refractivity contribution in [2.24, 2.45) is 5.92 Å². The van der Waals surface area contributed by atoms with E-state index < -0.39 is 0 Å². The van der Waals surface area contributed by atoms with Crippen LogP contribution >= 0.6 is 23.7 Å². The van der Waals surface area contributed by atoms with Crippen LogP contribution in [-0.4, -0.2) is 9.78 Å². The van der Waals surface area contributed by atoms with Crippen LogP contribution in [0.2, 0.25) is 0 Å². The van der Waals surface area contributed by atoms with Gasteiger partial charge in [0.1, 0.15) is 5.82 Å². The van der Waals surface area contributed by atoms with Gasteiger partial charge in [0.05, 0.1) is 6.54 Å². The number of rotatable bonds is 5. The maximum atomic E-state index is 12.8.